The average molecular weight is 430 g/mol. The molecule has 3 aromatic rings. The van der Waals surface area contributed by atoms with Gasteiger partial charge in [0.1, 0.15) is 9.88 Å². The van der Waals surface area contributed by atoms with Gasteiger partial charge in [-0.25, -0.2) is 9.97 Å². The van der Waals surface area contributed by atoms with Crippen molar-refractivity contribution >= 4 is 33.7 Å². The molecule has 0 aromatic carbocycles. The van der Waals surface area contributed by atoms with Gasteiger partial charge in [-0.15, -0.1) is 22.7 Å². The smallest absolute Gasteiger partial charge is 0.269 e. The van der Waals surface area contributed by atoms with Crippen molar-refractivity contribution in [3.63, 3.8) is 0 Å². The van der Waals surface area contributed by atoms with Gasteiger partial charge in [-0.2, -0.15) is 0 Å². The SMILES string of the molecule is Cc1nc(-c2ccccn2)sc1C(=O)Nc1nc(CN2CC(C)OC(C)C2)cs1. The van der Waals surface area contributed by atoms with Crippen LogP contribution in [0.2, 0.25) is 0 Å². The first-order valence-electron chi connectivity index (χ1n) is 9.50. The van der Waals surface area contributed by atoms with Crippen molar-refractivity contribution < 1.29 is 9.53 Å². The van der Waals surface area contributed by atoms with E-state index in [4.69, 9.17) is 4.74 Å². The van der Waals surface area contributed by atoms with E-state index in [2.05, 4.69) is 39.0 Å². The van der Waals surface area contributed by atoms with Crippen LogP contribution in [0, 0.1) is 6.92 Å². The van der Waals surface area contributed by atoms with Gasteiger partial charge >= 0.3 is 0 Å². The van der Waals surface area contributed by atoms with Crippen molar-refractivity contribution in [3.8, 4) is 10.7 Å². The molecule has 0 aliphatic carbocycles. The summed E-state index contributed by atoms with van der Waals surface area (Å²) in [6, 6.07) is 5.65. The monoisotopic (exact) mass is 429 g/mol. The molecule has 1 aliphatic heterocycles. The lowest BCUT2D eigenvalue weighted by Crippen LogP contribution is -2.44. The summed E-state index contributed by atoms with van der Waals surface area (Å²) < 4.78 is 5.78. The molecule has 4 rings (SSSR count). The molecule has 7 nitrogen and oxygen atoms in total. The summed E-state index contributed by atoms with van der Waals surface area (Å²) in [7, 11) is 0. The Morgan fingerprint density at radius 2 is 2.07 bits per heavy atom. The second-order valence-corrected chi connectivity index (χ2v) is 9.06. The second kappa shape index (κ2) is 8.66. The number of amides is 1. The summed E-state index contributed by atoms with van der Waals surface area (Å²) >= 11 is 2.79. The van der Waals surface area contributed by atoms with Gasteiger partial charge in [0.2, 0.25) is 0 Å². The van der Waals surface area contributed by atoms with Crippen LogP contribution in [0.3, 0.4) is 0 Å². The number of anilines is 1. The quantitative estimate of drug-likeness (QED) is 0.664. The number of rotatable bonds is 5. The van der Waals surface area contributed by atoms with Gasteiger partial charge in [0.05, 0.1) is 29.3 Å². The molecule has 29 heavy (non-hydrogen) atoms. The Hall–Kier alpha value is -2.20. The lowest BCUT2D eigenvalue weighted by Gasteiger charge is -2.34. The predicted octanol–water partition coefficient (Wildman–Crippen LogP) is 3.83. The predicted molar refractivity (Wildman–Crippen MR) is 115 cm³/mol. The zero-order valence-electron chi connectivity index (χ0n) is 16.6. The summed E-state index contributed by atoms with van der Waals surface area (Å²) in [6.45, 7) is 8.55. The topological polar surface area (TPSA) is 80.2 Å². The number of nitrogens with zero attached hydrogens (tertiary/aromatic N) is 4. The number of thiazole rings is 2. The Balaban J connectivity index is 1.41. The number of morpholine rings is 1. The molecule has 152 valence electrons. The standard InChI is InChI=1S/C20H23N5O2S2/c1-12-8-25(9-13(2)27-12)10-15-11-28-20(23-15)24-18(26)17-14(3)22-19(29-17)16-6-4-5-7-21-16/h4-7,11-13H,8-10H2,1-3H3,(H,23,24,26). The molecule has 1 N–H and O–H groups in total. The van der Waals surface area contributed by atoms with Crippen LogP contribution >= 0.6 is 22.7 Å². The molecule has 2 unspecified atom stereocenters. The zero-order chi connectivity index (χ0) is 20.4. The third-order valence-electron chi connectivity index (χ3n) is 4.54. The van der Waals surface area contributed by atoms with Gasteiger partial charge in [0, 0.05) is 31.2 Å². The number of carbonyl (C=O) groups excluding carboxylic acids is 1. The maximum Gasteiger partial charge on any atom is 0.269 e. The van der Waals surface area contributed by atoms with Crippen molar-refractivity contribution in [2.24, 2.45) is 0 Å². The second-order valence-electron chi connectivity index (χ2n) is 7.20. The number of hydrogen-bond donors (Lipinski definition) is 1. The van der Waals surface area contributed by atoms with Crippen molar-refractivity contribution in [3.05, 3.63) is 46.0 Å². The van der Waals surface area contributed by atoms with Crippen LogP contribution in [0.5, 0.6) is 0 Å². The molecule has 1 aliphatic rings. The Kier molecular flexibility index (Phi) is 6.00. The van der Waals surface area contributed by atoms with Crippen LogP contribution in [0.25, 0.3) is 10.7 Å². The van der Waals surface area contributed by atoms with Crippen LogP contribution < -0.4 is 5.32 Å². The molecule has 9 heteroatoms. The summed E-state index contributed by atoms with van der Waals surface area (Å²) in [5, 5.41) is 6.26. The van der Waals surface area contributed by atoms with E-state index < -0.39 is 0 Å². The molecule has 1 saturated heterocycles. The van der Waals surface area contributed by atoms with Crippen molar-refractivity contribution in [2.45, 2.75) is 39.5 Å². The van der Waals surface area contributed by atoms with Crippen molar-refractivity contribution in [1.82, 2.24) is 19.9 Å². The lowest BCUT2D eigenvalue weighted by atomic mass is 10.2. The van der Waals surface area contributed by atoms with Gasteiger partial charge in [-0.1, -0.05) is 6.07 Å². The summed E-state index contributed by atoms with van der Waals surface area (Å²) in [4.78, 5) is 29.1. The molecule has 2 atom stereocenters. The number of aromatic nitrogens is 3. The third-order valence-corrected chi connectivity index (χ3v) is 6.53. The fourth-order valence-corrected chi connectivity index (χ4v) is 5.07. The number of nitrogens with one attached hydrogen (secondary N) is 1. The van der Waals surface area contributed by atoms with E-state index in [0.29, 0.717) is 15.7 Å². The van der Waals surface area contributed by atoms with Crippen molar-refractivity contribution in [1.29, 1.82) is 0 Å². The Morgan fingerprint density at radius 1 is 1.28 bits per heavy atom. The molecule has 3 aromatic heterocycles. The molecule has 1 amide bonds. The van der Waals surface area contributed by atoms with Crippen molar-refractivity contribution in [2.75, 3.05) is 18.4 Å². The number of pyridine rings is 1. The third kappa shape index (κ3) is 4.87. The molecule has 1 fully saturated rings. The average Bonchev–Trinajstić information content (AvgIpc) is 3.28. The molecule has 0 bridgehead atoms. The van der Waals surface area contributed by atoms with Crippen LogP contribution in [0.4, 0.5) is 5.13 Å². The van der Waals surface area contributed by atoms with E-state index in [1.54, 1.807) is 6.20 Å². The Morgan fingerprint density at radius 3 is 2.79 bits per heavy atom. The largest absolute Gasteiger partial charge is 0.373 e. The summed E-state index contributed by atoms with van der Waals surface area (Å²) in [5.41, 5.74) is 2.42. The van der Waals surface area contributed by atoms with E-state index in [1.165, 1.54) is 22.7 Å². The van der Waals surface area contributed by atoms with E-state index in [-0.39, 0.29) is 18.1 Å². The van der Waals surface area contributed by atoms with Gasteiger partial charge in [-0.05, 0) is 32.9 Å². The van der Waals surface area contributed by atoms with E-state index in [0.717, 1.165) is 36.0 Å². The summed E-state index contributed by atoms with van der Waals surface area (Å²) in [6.07, 6.45) is 2.16. The van der Waals surface area contributed by atoms with Gasteiger partial charge in [0.25, 0.3) is 5.91 Å². The van der Waals surface area contributed by atoms with E-state index in [9.17, 15) is 4.79 Å². The number of carbonyl (C=O) groups is 1. The number of ether oxygens (including phenoxy) is 1. The normalized spacial score (nSPS) is 20.0. The highest BCUT2D eigenvalue weighted by Crippen LogP contribution is 2.27. The minimum Gasteiger partial charge on any atom is -0.373 e. The molecular weight excluding hydrogens is 406 g/mol. The molecule has 0 spiro atoms. The van der Waals surface area contributed by atoms with Crippen LogP contribution in [-0.4, -0.2) is 51.1 Å². The van der Waals surface area contributed by atoms with Crippen LogP contribution in [0.15, 0.2) is 29.8 Å². The Labute approximate surface area is 177 Å². The molecule has 0 radical (unpaired) electrons. The maximum atomic E-state index is 12.7. The molecule has 4 heterocycles. The lowest BCUT2D eigenvalue weighted by molar-refractivity contribution is -0.0707. The number of hydrogen-bond acceptors (Lipinski definition) is 8. The zero-order valence-corrected chi connectivity index (χ0v) is 18.2. The fraction of sp³-hybridized carbons (Fsp3) is 0.400. The van der Waals surface area contributed by atoms with E-state index >= 15 is 0 Å². The highest BCUT2D eigenvalue weighted by atomic mass is 32.1. The fourth-order valence-electron chi connectivity index (χ4n) is 3.44. The van der Waals surface area contributed by atoms with Gasteiger partial charge < -0.3 is 4.74 Å². The number of aryl methyl sites for hydroxylation is 1. The summed E-state index contributed by atoms with van der Waals surface area (Å²) in [5.74, 6) is -0.184. The first-order valence-corrected chi connectivity index (χ1v) is 11.2. The highest BCUT2D eigenvalue weighted by molar-refractivity contribution is 7.17. The molecular formula is C20H23N5O2S2. The Bertz CT molecular complexity index is 978. The minimum absolute atomic E-state index is 0.184. The highest BCUT2D eigenvalue weighted by Gasteiger charge is 2.23. The first kappa shape index (κ1) is 20.1. The van der Waals surface area contributed by atoms with Gasteiger partial charge in [0.15, 0.2) is 5.13 Å². The van der Waals surface area contributed by atoms with Crippen LogP contribution in [-0.2, 0) is 11.3 Å². The van der Waals surface area contributed by atoms with E-state index in [1.807, 2.05) is 30.5 Å². The van der Waals surface area contributed by atoms with Gasteiger partial charge in [-0.3, -0.25) is 20.0 Å². The minimum atomic E-state index is -0.184. The molecule has 0 saturated carbocycles. The van der Waals surface area contributed by atoms with Crippen LogP contribution in [0.1, 0.15) is 34.9 Å². The maximum absolute atomic E-state index is 12.7. The first-order chi connectivity index (χ1) is 14.0.